The van der Waals surface area contributed by atoms with Crippen molar-refractivity contribution >= 4 is 39.4 Å². The molecule has 104 valence electrons. The van der Waals surface area contributed by atoms with Crippen LogP contribution < -0.4 is 5.56 Å². The molecule has 0 amide bonds. The molecule has 1 aromatic carbocycles. The first-order valence-corrected chi connectivity index (χ1v) is 6.99. The summed E-state index contributed by atoms with van der Waals surface area (Å²) in [5.74, 6) is 0. The predicted molar refractivity (Wildman–Crippen MR) is 84.5 cm³/mol. The molecule has 2 aromatic heterocycles. The van der Waals surface area contributed by atoms with Gasteiger partial charge in [0.25, 0.3) is 5.56 Å². The minimum absolute atomic E-state index is 0.0853. The number of H-pyrrole nitrogens is 1. The first kappa shape index (κ1) is 13.3. The fourth-order valence-corrected chi connectivity index (χ4v) is 2.71. The van der Waals surface area contributed by atoms with Crippen LogP contribution in [0.1, 0.15) is 10.4 Å². The van der Waals surface area contributed by atoms with E-state index in [1.54, 1.807) is 24.3 Å². The van der Waals surface area contributed by atoms with Gasteiger partial charge in [-0.25, -0.2) is 0 Å². The maximum absolute atomic E-state index is 12.0. The first-order valence-electron chi connectivity index (χ1n) is 6.18. The summed E-state index contributed by atoms with van der Waals surface area (Å²) >= 11 is 1.07. The van der Waals surface area contributed by atoms with Crippen molar-refractivity contribution in [2.75, 3.05) is 0 Å². The zero-order chi connectivity index (χ0) is 14.8. The molecule has 3 rings (SSSR count). The number of nitro groups is 1. The highest BCUT2D eigenvalue weighted by Crippen LogP contribution is 2.25. The second-order valence-corrected chi connectivity index (χ2v) is 5.50. The number of rotatable bonds is 3. The molecule has 0 bridgehead atoms. The van der Waals surface area contributed by atoms with Crippen LogP contribution >= 0.6 is 11.3 Å². The third kappa shape index (κ3) is 2.75. The number of hydrogen-bond donors (Lipinski definition) is 1. The second-order valence-electron chi connectivity index (χ2n) is 4.41. The van der Waals surface area contributed by atoms with Gasteiger partial charge in [0.05, 0.1) is 4.92 Å². The molecule has 5 nitrogen and oxygen atoms in total. The van der Waals surface area contributed by atoms with Crippen molar-refractivity contribution in [3.63, 3.8) is 0 Å². The number of pyridine rings is 1. The Morgan fingerprint density at radius 3 is 2.71 bits per heavy atom. The molecule has 21 heavy (non-hydrogen) atoms. The number of aromatic amines is 1. The normalized spacial score (nSPS) is 11.2. The summed E-state index contributed by atoms with van der Waals surface area (Å²) in [7, 11) is 0. The molecular weight excluding hydrogens is 288 g/mol. The number of aromatic nitrogens is 1. The van der Waals surface area contributed by atoms with E-state index in [0.29, 0.717) is 5.56 Å². The van der Waals surface area contributed by atoms with Crippen LogP contribution in [0, 0.1) is 10.1 Å². The molecule has 6 heteroatoms. The van der Waals surface area contributed by atoms with Crippen LogP contribution in [0.15, 0.2) is 47.3 Å². The number of hydrogen-bond acceptors (Lipinski definition) is 4. The van der Waals surface area contributed by atoms with Crippen molar-refractivity contribution in [1.29, 1.82) is 0 Å². The monoisotopic (exact) mass is 298 g/mol. The summed E-state index contributed by atoms with van der Waals surface area (Å²) < 4.78 is 0. The average molecular weight is 298 g/mol. The topological polar surface area (TPSA) is 76.0 Å². The molecule has 0 radical (unpaired) electrons. The zero-order valence-corrected chi connectivity index (χ0v) is 11.6. The first-order chi connectivity index (χ1) is 10.1. The number of fused-ring (bicyclic) bond motifs is 1. The Kier molecular flexibility index (Phi) is 3.37. The lowest BCUT2D eigenvalue weighted by molar-refractivity contribution is -0.380. The van der Waals surface area contributed by atoms with E-state index in [9.17, 15) is 14.9 Å². The Labute approximate surface area is 123 Å². The van der Waals surface area contributed by atoms with E-state index in [-0.39, 0.29) is 10.6 Å². The van der Waals surface area contributed by atoms with Gasteiger partial charge in [-0.3, -0.25) is 14.9 Å². The SMILES string of the molecule is O=c1[nH]c2ccccc2cc1C=Cc1ccc([N+](=O)[O-])s1. The van der Waals surface area contributed by atoms with Crippen molar-refractivity contribution in [1.82, 2.24) is 4.98 Å². The molecule has 0 unspecified atom stereocenters. The molecule has 0 spiro atoms. The van der Waals surface area contributed by atoms with Crippen molar-refractivity contribution in [2.24, 2.45) is 0 Å². The molecule has 0 aliphatic rings. The largest absolute Gasteiger partial charge is 0.324 e. The molecule has 0 fully saturated rings. The summed E-state index contributed by atoms with van der Waals surface area (Å²) in [6.45, 7) is 0. The predicted octanol–water partition coefficient (Wildman–Crippen LogP) is 3.67. The molecule has 1 N–H and O–H groups in total. The lowest BCUT2D eigenvalue weighted by Gasteiger charge is -1.98. The highest BCUT2D eigenvalue weighted by Gasteiger charge is 2.07. The van der Waals surface area contributed by atoms with Gasteiger partial charge >= 0.3 is 5.00 Å². The van der Waals surface area contributed by atoms with Crippen LogP contribution in [0.2, 0.25) is 0 Å². The Balaban J connectivity index is 1.96. The van der Waals surface area contributed by atoms with Gasteiger partial charge in [-0.2, -0.15) is 0 Å². The van der Waals surface area contributed by atoms with Gasteiger partial charge in [0.2, 0.25) is 0 Å². The van der Waals surface area contributed by atoms with E-state index in [2.05, 4.69) is 4.98 Å². The van der Waals surface area contributed by atoms with Crippen LogP contribution in [0.4, 0.5) is 5.00 Å². The molecule has 3 aromatic rings. The number of para-hydroxylation sites is 1. The van der Waals surface area contributed by atoms with Crippen LogP contribution in [-0.4, -0.2) is 9.91 Å². The summed E-state index contributed by atoms with van der Waals surface area (Å²) in [6.07, 6.45) is 3.37. The second kappa shape index (κ2) is 5.34. The number of benzene rings is 1. The van der Waals surface area contributed by atoms with Gasteiger partial charge < -0.3 is 4.98 Å². The van der Waals surface area contributed by atoms with Crippen LogP contribution in [0.3, 0.4) is 0 Å². The number of thiophene rings is 1. The van der Waals surface area contributed by atoms with Gasteiger partial charge in [-0.05, 0) is 35.7 Å². The zero-order valence-electron chi connectivity index (χ0n) is 10.8. The Morgan fingerprint density at radius 2 is 1.95 bits per heavy atom. The fraction of sp³-hybridized carbons (Fsp3) is 0. The quantitative estimate of drug-likeness (QED) is 0.592. The van der Waals surface area contributed by atoms with E-state index in [1.807, 2.05) is 24.3 Å². The van der Waals surface area contributed by atoms with Crippen molar-refractivity contribution < 1.29 is 4.92 Å². The van der Waals surface area contributed by atoms with Gasteiger partial charge in [-0.15, -0.1) is 0 Å². The smallest absolute Gasteiger partial charge is 0.321 e. The molecule has 0 aliphatic carbocycles. The van der Waals surface area contributed by atoms with Gasteiger partial charge in [0.15, 0.2) is 0 Å². The van der Waals surface area contributed by atoms with Crippen molar-refractivity contribution in [2.45, 2.75) is 0 Å². The maximum Gasteiger partial charge on any atom is 0.324 e. The molecule has 0 aliphatic heterocycles. The summed E-state index contributed by atoms with van der Waals surface area (Å²) in [6, 6.07) is 12.4. The van der Waals surface area contributed by atoms with E-state index >= 15 is 0 Å². The van der Waals surface area contributed by atoms with Crippen LogP contribution in [-0.2, 0) is 0 Å². The Morgan fingerprint density at radius 1 is 1.14 bits per heavy atom. The lowest BCUT2D eigenvalue weighted by atomic mass is 10.1. The van der Waals surface area contributed by atoms with Gasteiger partial charge in [-0.1, -0.05) is 29.5 Å². The van der Waals surface area contributed by atoms with E-state index in [4.69, 9.17) is 0 Å². The average Bonchev–Trinajstić information content (AvgIpc) is 2.94. The van der Waals surface area contributed by atoms with E-state index < -0.39 is 4.92 Å². The van der Waals surface area contributed by atoms with E-state index in [1.165, 1.54) is 6.07 Å². The van der Waals surface area contributed by atoms with Crippen LogP contribution in [0.5, 0.6) is 0 Å². The molecule has 0 saturated heterocycles. The molecule has 0 saturated carbocycles. The van der Waals surface area contributed by atoms with E-state index in [0.717, 1.165) is 27.1 Å². The summed E-state index contributed by atoms with van der Waals surface area (Å²) in [5, 5.41) is 11.6. The highest BCUT2D eigenvalue weighted by atomic mass is 32.1. The number of nitrogens with one attached hydrogen (secondary N) is 1. The Hall–Kier alpha value is -2.73. The molecule has 0 atom stereocenters. The maximum atomic E-state index is 12.0. The third-order valence-corrected chi connectivity index (χ3v) is 4.00. The fourth-order valence-electron chi connectivity index (χ4n) is 1.99. The minimum atomic E-state index is -0.426. The standard InChI is InChI=1S/C15H10N2O3S/c18-15-11(9-10-3-1-2-4-13(10)16-15)5-6-12-7-8-14(21-12)17(19)20/h1-9H,(H,16,18). The highest BCUT2D eigenvalue weighted by molar-refractivity contribution is 7.16. The lowest BCUT2D eigenvalue weighted by Crippen LogP contribution is -2.08. The Bertz CT molecular complexity index is 908. The molecule has 2 heterocycles. The number of nitrogens with zero attached hydrogens (tertiary/aromatic N) is 1. The van der Waals surface area contributed by atoms with Crippen LogP contribution in [0.25, 0.3) is 23.1 Å². The van der Waals surface area contributed by atoms with Crippen molar-refractivity contribution in [3.8, 4) is 0 Å². The van der Waals surface area contributed by atoms with Crippen molar-refractivity contribution in [3.05, 3.63) is 73.4 Å². The van der Waals surface area contributed by atoms with Gasteiger partial charge in [0.1, 0.15) is 0 Å². The summed E-state index contributed by atoms with van der Waals surface area (Å²) in [5.41, 5.74) is 1.12. The summed E-state index contributed by atoms with van der Waals surface area (Å²) in [4.78, 5) is 25.7. The third-order valence-electron chi connectivity index (χ3n) is 3.00. The minimum Gasteiger partial charge on any atom is -0.321 e. The molecular formula is C15H10N2O3S. The van der Waals surface area contributed by atoms with Gasteiger partial charge in [0, 0.05) is 22.0 Å².